The molecule has 2 rings (SSSR count). The average Bonchev–Trinajstić information content (AvgIpc) is 2.56. The molecule has 0 radical (unpaired) electrons. The highest BCUT2D eigenvalue weighted by molar-refractivity contribution is 6.08. The first kappa shape index (κ1) is 15.3. The van der Waals surface area contributed by atoms with Gasteiger partial charge in [0.25, 0.3) is 0 Å². The summed E-state index contributed by atoms with van der Waals surface area (Å²) in [4.78, 5) is 14.3. The van der Waals surface area contributed by atoms with Gasteiger partial charge in [-0.15, -0.1) is 0 Å². The number of carbonyl (C=O) groups excluding carboxylic acids is 1. The van der Waals surface area contributed by atoms with E-state index in [9.17, 15) is 4.79 Å². The van der Waals surface area contributed by atoms with Gasteiger partial charge in [-0.3, -0.25) is 4.79 Å². The monoisotopic (exact) mass is 285 g/mol. The average molecular weight is 285 g/mol. The van der Waals surface area contributed by atoms with E-state index in [-0.39, 0.29) is 11.8 Å². The van der Waals surface area contributed by atoms with Crippen LogP contribution >= 0.6 is 0 Å². The van der Waals surface area contributed by atoms with Gasteiger partial charge in [0.2, 0.25) is 5.91 Å². The Morgan fingerprint density at radius 3 is 2.67 bits per heavy atom. The Labute approximate surface area is 126 Å². The third-order valence-electron chi connectivity index (χ3n) is 4.19. The molecule has 1 saturated carbocycles. The maximum Gasteiger partial charge on any atom is 0.229 e. The van der Waals surface area contributed by atoms with Crippen LogP contribution < -0.4 is 10.6 Å². The van der Waals surface area contributed by atoms with Crippen LogP contribution in [0.15, 0.2) is 30.5 Å². The van der Waals surface area contributed by atoms with Crippen LogP contribution in [0.4, 0.5) is 5.69 Å². The fourth-order valence-electron chi connectivity index (χ4n) is 2.87. The van der Waals surface area contributed by atoms with Gasteiger partial charge in [-0.05, 0) is 30.5 Å². The minimum absolute atomic E-state index is 0.152. The summed E-state index contributed by atoms with van der Waals surface area (Å²) in [6.45, 7) is 0. The van der Waals surface area contributed by atoms with Crippen LogP contribution in [-0.2, 0) is 4.79 Å². The number of nitrogens with two attached hydrogens (primary N) is 1. The molecule has 1 aliphatic rings. The van der Waals surface area contributed by atoms with Gasteiger partial charge in [0.1, 0.15) is 0 Å². The lowest BCUT2D eigenvalue weighted by atomic mass is 9.88. The number of allylic oxidation sites excluding steroid dienone is 1. The van der Waals surface area contributed by atoms with Crippen LogP contribution in [0.25, 0.3) is 5.57 Å². The molecule has 1 aromatic rings. The summed E-state index contributed by atoms with van der Waals surface area (Å²) >= 11 is 0. The first-order chi connectivity index (χ1) is 10.2. The zero-order chi connectivity index (χ0) is 15.2. The number of nitrogens with zero attached hydrogens (tertiary/aromatic N) is 1. The number of benzene rings is 1. The summed E-state index contributed by atoms with van der Waals surface area (Å²) in [5, 5.41) is 7.37. The molecule has 0 unspecified atom stereocenters. The number of amides is 1. The van der Waals surface area contributed by atoms with Gasteiger partial charge in [-0.1, -0.05) is 31.4 Å². The largest absolute Gasteiger partial charge is 0.404 e. The minimum atomic E-state index is 0.152. The summed E-state index contributed by atoms with van der Waals surface area (Å²) in [6.07, 6.45) is 8.18. The van der Waals surface area contributed by atoms with Gasteiger partial charge in [-0.25, -0.2) is 0 Å². The fraction of sp³-hybridized carbons (Fsp3) is 0.412. The Morgan fingerprint density at radius 1 is 1.33 bits per heavy atom. The number of hydrogen-bond acceptors (Lipinski definition) is 3. The maximum absolute atomic E-state index is 12.6. The lowest BCUT2D eigenvalue weighted by Gasteiger charge is -2.26. The molecule has 1 fully saturated rings. The van der Waals surface area contributed by atoms with Crippen LogP contribution in [0.1, 0.15) is 37.7 Å². The highest BCUT2D eigenvalue weighted by Gasteiger charge is 2.24. The van der Waals surface area contributed by atoms with Crippen LogP contribution in [0.2, 0.25) is 0 Å². The molecule has 3 N–H and O–H groups in total. The first-order valence-electron chi connectivity index (χ1n) is 7.47. The van der Waals surface area contributed by atoms with E-state index in [0.717, 1.165) is 36.9 Å². The Hall–Kier alpha value is -2.10. The number of hydrogen-bond donors (Lipinski definition) is 2. The Balaban J connectivity index is 2.18. The fourth-order valence-corrected chi connectivity index (χ4v) is 2.87. The normalized spacial score (nSPS) is 16.5. The smallest absolute Gasteiger partial charge is 0.229 e. The number of rotatable bonds is 4. The Bertz CT molecular complexity index is 545. The molecule has 0 aliphatic heterocycles. The van der Waals surface area contributed by atoms with E-state index in [0.29, 0.717) is 5.57 Å². The molecule has 0 heterocycles. The van der Waals surface area contributed by atoms with E-state index in [4.69, 9.17) is 11.1 Å². The highest BCUT2D eigenvalue weighted by Crippen LogP contribution is 2.27. The minimum Gasteiger partial charge on any atom is -0.404 e. The van der Waals surface area contributed by atoms with Gasteiger partial charge in [0.15, 0.2) is 0 Å². The van der Waals surface area contributed by atoms with Crippen molar-refractivity contribution in [3.8, 4) is 0 Å². The molecular formula is C17H23N3O. The van der Waals surface area contributed by atoms with Crippen molar-refractivity contribution in [1.29, 1.82) is 5.41 Å². The van der Waals surface area contributed by atoms with Crippen LogP contribution in [0.3, 0.4) is 0 Å². The highest BCUT2D eigenvalue weighted by atomic mass is 16.2. The molecule has 1 aliphatic carbocycles. The summed E-state index contributed by atoms with van der Waals surface area (Å²) in [5.74, 6) is 0.347. The van der Waals surface area contributed by atoms with Gasteiger partial charge >= 0.3 is 0 Å². The predicted molar refractivity (Wildman–Crippen MR) is 87.4 cm³/mol. The van der Waals surface area contributed by atoms with E-state index in [1.807, 2.05) is 31.3 Å². The molecule has 4 heteroatoms. The Kier molecular flexibility index (Phi) is 5.14. The van der Waals surface area contributed by atoms with Gasteiger partial charge in [0.05, 0.1) is 0 Å². The van der Waals surface area contributed by atoms with Gasteiger partial charge in [0, 0.05) is 36.6 Å². The van der Waals surface area contributed by atoms with Crippen LogP contribution in [0, 0.1) is 11.3 Å². The molecule has 0 atom stereocenters. The standard InChI is InChI=1S/C17H23N3O/c1-20(17(21)13-6-3-2-4-7-13)16-9-5-8-14(10-16)15(11-18)12-19/h5,8-13,18H,2-4,6-7,19H2,1H3. The predicted octanol–water partition coefficient (Wildman–Crippen LogP) is 3.18. The number of carbonyl (C=O) groups is 1. The van der Waals surface area contributed by atoms with E-state index in [2.05, 4.69) is 0 Å². The summed E-state index contributed by atoms with van der Waals surface area (Å²) < 4.78 is 0. The molecule has 4 nitrogen and oxygen atoms in total. The van der Waals surface area contributed by atoms with Crippen LogP contribution in [-0.4, -0.2) is 19.2 Å². The van der Waals surface area contributed by atoms with E-state index in [1.165, 1.54) is 18.8 Å². The lowest BCUT2D eigenvalue weighted by molar-refractivity contribution is -0.123. The molecule has 0 spiro atoms. The lowest BCUT2D eigenvalue weighted by Crippen LogP contribution is -2.33. The molecule has 0 aromatic heterocycles. The molecule has 21 heavy (non-hydrogen) atoms. The van der Waals surface area contributed by atoms with Gasteiger partial charge < -0.3 is 16.0 Å². The maximum atomic E-state index is 12.6. The molecular weight excluding hydrogens is 262 g/mol. The summed E-state index contributed by atoms with van der Waals surface area (Å²) in [6, 6.07) is 7.61. The van der Waals surface area contributed by atoms with Crippen molar-refractivity contribution >= 4 is 23.4 Å². The van der Waals surface area contributed by atoms with Crippen molar-refractivity contribution in [2.45, 2.75) is 32.1 Å². The zero-order valence-corrected chi connectivity index (χ0v) is 12.5. The first-order valence-corrected chi connectivity index (χ1v) is 7.47. The van der Waals surface area contributed by atoms with Gasteiger partial charge in [-0.2, -0.15) is 0 Å². The zero-order valence-electron chi connectivity index (χ0n) is 12.5. The second kappa shape index (κ2) is 7.07. The van der Waals surface area contributed by atoms with E-state index < -0.39 is 0 Å². The molecule has 0 bridgehead atoms. The summed E-state index contributed by atoms with van der Waals surface area (Å²) in [7, 11) is 1.83. The Morgan fingerprint density at radius 2 is 2.05 bits per heavy atom. The quantitative estimate of drug-likeness (QED) is 0.834. The van der Waals surface area contributed by atoms with Crippen molar-refractivity contribution in [2.24, 2.45) is 11.7 Å². The van der Waals surface area contributed by atoms with Crippen molar-refractivity contribution in [2.75, 3.05) is 11.9 Å². The van der Waals surface area contributed by atoms with Crippen molar-refractivity contribution in [1.82, 2.24) is 0 Å². The number of anilines is 1. The topological polar surface area (TPSA) is 70.2 Å². The molecule has 1 aromatic carbocycles. The SMILES string of the molecule is CN(C(=O)C1CCCCC1)c1cccc(C(C=N)=CN)c1. The third kappa shape index (κ3) is 3.51. The van der Waals surface area contributed by atoms with E-state index >= 15 is 0 Å². The molecule has 112 valence electrons. The van der Waals surface area contributed by atoms with Crippen molar-refractivity contribution in [3.63, 3.8) is 0 Å². The number of nitrogens with one attached hydrogen (secondary N) is 1. The second-order valence-corrected chi connectivity index (χ2v) is 5.55. The van der Waals surface area contributed by atoms with E-state index in [1.54, 1.807) is 4.90 Å². The van der Waals surface area contributed by atoms with Crippen LogP contribution in [0.5, 0.6) is 0 Å². The van der Waals surface area contributed by atoms with Crippen molar-refractivity contribution < 1.29 is 4.79 Å². The molecule has 1 amide bonds. The summed E-state index contributed by atoms with van der Waals surface area (Å²) in [5.41, 5.74) is 7.88. The van der Waals surface area contributed by atoms with Crippen molar-refractivity contribution in [3.05, 3.63) is 36.0 Å². The third-order valence-corrected chi connectivity index (χ3v) is 4.19. The second-order valence-electron chi connectivity index (χ2n) is 5.55. The molecule has 0 saturated heterocycles.